The molecule has 35 heavy (non-hydrogen) atoms. The predicted molar refractivity (Wildman–Crippen MR) is 144 cm³/mol. The van der Waals surface area contributed by atoms with E-state index in [0.717, 1.165) is 43.5 Å². The summed E-state index contributed by atoms with van der Waals surface area (Å²) in [6.07, 6.45) is 10.1. The molecule has 0 aliphatic rings. The third-order valence-corrected chi connectivity index (χ3v) is 6.85. The molecule has 0 radical (unpaired) electrons. The summed E-state index contributed by atoms with van der Waals surface area (Å²) in [6, 6.07) is -3.52. The number of unbranched alkanes of at least 4 members (excludes halogenated alkanes) is 8. The minimum absolute atomic E-state index is 0.117. The number of rotatable bonds is 19. The summed E-state index contributed by atoms with van der Waals surface area (Å²) < 4.78 is 0. The molecule has 206 valence electrons. The van der Waals surface area contributed by atoms with Crippen molar-refractivity contribution in [3.63, 3.8) is 0 Å². The maximum atomic E-state index is 13.4. The summed E-state index contributed by atoms with van der Waals surface area (Å²) in [4.78, 5) is 41.3. The fourth-order valence-electron chi connectivity index (χ4n) is 3.98. The van der Waals surface area contributed by atoms with Gasteiger partial charge in [-0.3, -0.25) is 19.3 Å². The SMILES string of the molecule is CC(C)[C@H](N)C(=O)C(CCCCCCCCCCCN)N(C(=O)[C@@H](N)C(C)C)C(=O)[C@@H](N)C(C)C. The van der Waals surface area contributed by atoms with Gasteiger partial charge in [-0.1, -0.05) is 92.9 Å². The van der Waals surface area contributed by atoms with Crippen LogP contribution in [0.3, 0.4) is 0 Å². The van der Waals surface area contributed by atoms with E-state index < -0.39 is 36.0 Å². The van der Waals surface area contributed by atoms with E-state index >= 15 is 0 Å². The first-order chi connectivity index (χ1) is 16.4. The van der Waals surface area contributed by atoms with E-state index in [9.17, 15) is 14.4 Å². The first-order valence-electron chi connectivity index (χ1n) is 13.8. The van der Waals surface area contributed by atoms with Gasteiger partial charge in [-0.15, -0.1) is 0 Å². The van der Waals surface area contributed by atoms with Crippen LogP contribution in [0.1, 0.15) is 106 Å². The van der Waals surface area contributed by atoms with Gasteiger partial charge in [0.1, 0.15) is 0 Å². The van der Waals surface area contributed by atoms with Crippen molar-refractivity contribution in [1.29, 1.82) is 0 Å². The van der Waals surface area contributed by atoms with Crippen molar-refractivity contribution in [2.45, 2.75) is 130 Å². The van der Waals surface area contributed by atoms with Crippen LogP contribution in [-0.2, 0) is 14.4 Å². The van der Waals surface area contributed by atoms with Gasteiger partial charge in [0.25, 0.3) is 0 Å². The second kappa shape index (κ2) is 18.0. The molecule has 1 unspecified atom stereocenters. The largest absolute Gasteiger partial charge is 0.330 e. The number of amides is 2. The van der Waals surface area contributed by atoms with E-state index in [4.69, 9.17) is 22.9 Å². The van der Waals surface area contributed by atoms with E-state index in [0.29, 0.717) is 6.42 Å². The van der Waals surface area contributed by atoms with E-state index in [1.807, 2.05) is 41.5 Å². The smallest absolute Gasteiger partial charge is 0.247 e. The van der Waals surface area contributed by atoms with Crippen LogP contribution in [-0.4, -0.2) is 53.2 Å². The van der Waals surface area contributed by atoms with Crippen LogP contribution in [0.4, 0.5) is 0 Å². The van der Waals surface area contributed by atoms with Crippen molar-refractivity contribution < 1.29 is 14.4 Å². The molecule has 8 nitrogen and oxygen atoms in total. The lowest BCUT2D eigenvalue weighted by Gasteiger charge is -2.36. The zero-order valence-electron chi connectivity index (χ0n) is 23.3. The predicted octanol–water partition coefficient (Wildman–Crippen LogP) is 3.09. The van der Waals surface area contributed by atoms with Crippen molar-refractivity contribution in [2.75, 3.05) is 6.54 Å². The van der Waals surface area contributed by atoms with Crippen molar-refractivity contribution in [3.8, 4) is 0 Å². The molecule has 0 aliphatic heterocycles. The Morgan fingerprint density at radius 2 is 0.914 bits per heavy atom. The van der Waals surface area contributed by atoms with Gasteiger partial charge < -0.3 is 22.9 Å². The van der Waals surface area contributed by atoms with Crippen molar-refractivity contribution in [3.05, 3.63) is 0 Å². The maximum Gasteiger partial charge on any atom is 0.247 e. The van der Waals surface area contributed by atoms with Gasteiger partial charge in [-0.25, -0.2) is 0 Å². The van der Waals surface area contributed by atoms with E-state index in [1.54, 1.807) is 0 Å². The fourth-order valence-corrected chi connectivity index (χ4v) is 3.98. The third-order valence-electron chi connectivity index (χ3n) is 6.85. The maximum absolute atomic E-state index is 13.4. The second-order valence-electron chi connectivity index (χ2n) is 11.0. The molecule has 0 aromatic heterocycles. The molecule has 8 N–H and O–H groups in total. The number of ketones is 1. The molecule has 0 aliphatic carbocycles. The lowest BCUT2D eigenvalue weighted by molar-refractivity contribution is -0.155. The average Bonchev–Trinajstić information content (AvgIpc) is 2.81. The second-order valence-corrected chi connectivity index (χ2v) is 11.0. The van der Waals surface area contributed by atoms with Gasteiger partial charge >= 0.3 is 0 Å². The quantitative estimate of drug-likeness (QED) is 0.200. The summed E-state index contributed by atoms with van der Waals surface area (Å²) in [7, 11) is 0. The summed E-state index contributed by atoms with van der Waals surface area (Å²) in [5.41, 5.74) is 24.1. The molecule has 0 rings (SSSR count). The molecule has 4 atom stereocenters. The third kappa shape index (κ3) is 12.0. The summed E-state index contributed by atoms with van der Waals surface area (Å²) in [6.45, 7) is 11.8. The topological polar surface area (TPSA) is 159 Å². The molecule has 0 aromatic carbocycles. The van der Waals surface area contributed by atoms with Gasteiger partial charge in [0.05, 0.1) is 24.2 Å². The number of nitrogens with zero attached hydrogens (tertiary/aromatic N) is 1. The zero-order chi connectivity index (χ0) is 27.1. The Balaban J connectivity index is 5.51. The van der Waals surface area contributed by atoms with E-state index in [2.05, 4.69) is 0 Å². The minimum Gasteiger partial charge on any atom is -0.330 e. The van der Waals surface area contributed by atoms with Crippen LogP contribution in [0.5, 0.6) is 0 Å². The van der Waals surface area contributed by atoms with Gasteiger partial charge in [0.2, 0.25) is 11.8 Å². The summed E-state index contributed by atoms with van der Waals surface area (Å²) >= 11 is 0. The Morgan fingerprint density at radius 1 is 0.571 bits per heavy atom. The monoisotopic (exact) mass is 497 g/mol. The van der Waals surface area contributed by atoms with Gasteiger partial charge in [0.15, 0.2) is 5.78 Å². The Kier molecular flexibility index (Phi) is 17.3. The fraction of sp³-hybridized carbons (Fsp3) is 0.889. The molecule has 0 saturated heterocycles. The zero-order valence-corrected chi connectivity index (χ0v) is 23.3. The highest BCUT2D eigenvalue weighted by atomic mass is 16.2. The normalized spacial score (nSPS) is 15.3. The molecule has 2 amide bonds. The summed E-state index contributed by atoms with van der Waals surface area (Å²) in [5.74, 6) is -1.89. The summed E-state index contributed by atoms with van der Waals surface area (Å²) in [5, 5.41) is 0. The number of hydrogen-bond acceptors (Lipinski definition) is 7. The standard InChI is InChI=1S/C27H55N5O3/c1-18(2)22(29)25(33)21(16-14-12-10-8-7-9-11-13-15-17-28)32(26(34)23(30)19(3)4)27(35)24(31)20(5)6/h18-24H,7-17,28-31H2,1-6H3/t21?,22-,23-,24-/m0/s1. The first kappa shape index (κ1) is 33.7. The number of carbonyl (C=O) groups excluding carboxylic acids is 3. The highest BCUT2D eigenvalue weighted by Crippen LogP contribution is 2.21. The van der Waals surface area contributed by atoms with Crippen LogP contribution in [0, 0.1) is 17.8 Å². The highest BCUT2D eigenvalue weighted by Gasteiger charge is 2.41. The number of hydrogen-bond donors (Lipinski definition) is 4. The number of imide groups is 1. The molecule has 8 heteroatoms. The lowest BCUT2D eigenvalue weighted by atomic mass is 9.90. The molecule has 0 saturated carbocycles. The number of Topliss-reactive ketones (excluding diaryl/α,β-unsaturated/α-hetero) is 1. The van der Waals surface area contributed by atoms with Gasteiger partial charge in [-0.05, 0) is 37.1 Å². The van der Waals surface area contributed by atoms with Crippen LogP contribution < -0.4 is 22.9 Å². The molecule has 0 aromatic rings. The Morgan fingerprint density at radius 3 is 1.26 bits per heavy atom. The van der Waals surface area contributed by atoms with Gasteiger partial charge in [-0.2, -0.15) is 0 Å². The molecular weight excluding hydrogens is 442 g/mol. The first-order valence-corrected chi connectivity index (χ1v) is 13.8. The van der Waals surface area contributed by atoms with E-state index in [-0.39, 0.29) is 23.5 Å². The Labute approximate surface area is 214 Å². The molecule has 0 fully saturated rings. The number of carbonyl (C=O) groups is 3. The number of nitrogens with two attached hydrogens (primary N) is 4. The molecule has 0 heterocycles. The van der Waals surface area contributed by atoms with Crippen molar-refractivity contribution >= 4 is 17.6 Å². The van der Waals surface area contributed by atoms with Gasteiger partial charge in [0, 0.05) is 0 Å². The average molecular weight is 498 g/mol. The van der Waals surface area contributed by atoms with Crippen LogP contribution in [0.2, 0.25) is 0 Å². The minimum atomic E-state index is -0.946. The van der Waals surface area contributed by atoms with Crippen molar-refractivity contribution in [1.82, 2.24) is 4.90 Å². The lowest BCUT2D eigenvalue weighted by Crippen LogP contribution is -2.62. The van der Waals surface area contributed by atoms with E-state index in [1.165, 1.54) is 25.7 Å². The Hall–Kier alpha value is -1.35. The molecular formula is C27H55N5O3. The molecule has 0 bridgehead atoms. The highest BCUT2D eigenvalue weighted by molar-refractivity contribution is 6.05. The van der Waals surface area contributed by atoms with Crippen LogP contribution in [0.25, 0.3) is 0 Å². The van der Waals surface area contributed by atoms with Crippen molar-refractivity contribution in [2.24, 2.45) is 40.7 Å². The van der Waals surface area contributed by atoms with Crippen LogP contribution >= 0.6 is 0 Å². The molecule has 0 spiro atoms. The van der Waals surface area contributed by atoms with Crippen LogP contribution in [0.15, 0.2) is 0 Å². The Bertz CT molecular complexity index is 598.